The molecule has 0 heterocycles. The first-order valence-corrected chi connectivity index (χ1v) is 11.7. The van der Waals surface area contributed by atoms with Crippen LogP contribution < -0.4 is 0 Å². The van der Waals surface area contributed by atoms with Gasteiger partial charge in [0.1, 0.15) is 5.78 Å². The number of carbonyl (C=O) groups is 2. The van der Waals surface area contributed by atoms with E-state index >= 15 is 0 Å². The first-order chi connectivity index (χ1) is 13.6. The van der Waals surface area contributed by atoms with Crippen molar-refractivity contribution in [1.82, 2.24) is 0 Å². The maximum Gasteiger partial charge on any atom is 0.303 e. The Labute approximate surface area is 174 Å². The molecule has 4 rings (SSSR count). The normalized spacial score (nSPS) is 50.4. The van der Waals surface area contributed by atoms with E-state index in [-0.39, 0.29) is 47.5 Å². The van der Waals surface area contributed by atoms with Gasteiger partial charge in [-0.25, -0.2) is 0 Å². The Morgan fingerprint density at radius 3 is 2.55 bits per heavy atom. The molecular formula is C24H38O5. The van der Waals surface area contributed by atoms with Crippen molar-refractivity contribution in [2.24, 2.45) is 46.3 Å². The number of carboxylic acids is 1. The lowest BCUT2D eigenvalue weighted by Gasteiger charge is -2.61. The number of carboxylic acid groups (broad SMARTS) is 1. The van der Waals surface area contributed by atoms with Crippen LogP contribution in [0.25, 0.3) is 0 Å². The van der Waals surface area contributed by atoms with Crippen LogP contribution in [0, 0.1) is 46.3 Å². The van der Waals surface area contributed by atoms with E-state index in [1.807, 2.05) is 0 Å². The molecule has 4 saturated carbocycles. The molecule has 4 fully saturated rings. The van der Waals surface area contributed by atoms with E-state index in [9.17, 15) is 19.8 Å². The van der Waals surface area contributed by atoms with Gasteiger partial charge in [-0.1, -0.05) is 20.8 Å². The highest BCUT2D eigenvalue weighted by atomic mass is 16.4. The second-order valence-corrected chi connectivity index (χ2v) is 11.2. The van der Waals surface area contributed by atoms with Crippen LogP contribution in [0.3, 0.4) is 0 Å². The van der Waals surface area contributed by atoms with E-state index < -0.39 is 17.5 Å². The van der Waals surface area contributed by atoms with Crippen LogP contribution in [0.5, 0.6) is 0 Å². The summed E-state index contributed by atoms with van der Waals surface area (Å²) in [6.45, 7) is 6.54. The molecule has 4 aliphatic rings. The smallest absolute Gasteiger partial charge is 0.303 e. The number of hydrogen-bond acceptors (Lipinski definition) is 4. The molecule has 0 saturated heterocycles. The van der Waals surface area contributed by atoms with Crippen molar-refractivity contribution in [2.45, 2.75) is 90.8 Å². The summed E-state index contributed by atoms with van der Waals surface area (Å²) in [4.78, 5) is 24.7. The highest BCUT2D eigenvalue weighted by molar-refractivity contribution is 5.87. The molecule has 0 amide bonds. The molecule has 29 heavy (non-hydrogen) atoms. The van der Waals surface area contributed by atoms with Crippen molar-refractivity contribution >= 4 is 11.8 Å². The molecule has 164 valence electrons. The van der Waals surface area contributed by atoms with Crippen molar-refractivity contribution in [3.05, 3.63) is 0 Å². The second kappa shape index (κ2) is 7.33. The van der Waals surface area contributed by atoms with E-state index in [2.05, 4.69) is 20.8 Å². The monoisotopic (exact) mass is 406 g/mol. The maximum absolute atomic E-state index is 13.6. The van der Waals surface area contributed by atoms with Crippen molar-refractivity contribution in [3.63, 3.8) is 0 Å². The summed E-state index contributed by atoms with van der Waals surface area (Å²) < 4.78 is 0. The predicted molar refractivity (Wildman–Crippen MR) is 109 cm³/mol. The van der Waals surface area contributed by atoms with E-state index in [4.69, 9.17) is 5.11 Å². The van der Waals surface area contributed by atoms with Crippen LogP contribution in [0.15, 0.2) is 0 Å². The summed E-state index contributed by atoms with van der Waals surface area (Å²) in [5, 5.41) is 30.5. The predicted octanol–water partition coefficient (Wildman–Crippen LogP) is 3.66. The first kappa shape index (κ1) is 21.3. The van der Waals surface area contributed by atoms with Gasteiger partial charge in [0, 0.05) is 18.3 Å². The summed E-state index contributed by atoms with van der Waals surface area (Å²) in [7, 11) is 0. The summed E-state index contributed by atoms with van der Waals surface area (Å²) in [5.41, 5.74) is -0.398. The lowest BCUT2D eigenvalue weighted by atomic mass is 9.43. The van der Waals surface area contributed by atoms with Crippen molar-refractivity contribution in [1.29, 1.82) is 0 Å². The van der Waals surface area contributed by atoms with Gasteiger partial charge < -0.3 is 15.3 Å². The molecular weight excluding hydrogens is 368 g/mol. The number of ketones is 1. The molecule has 5 heteroatoms. The zero-order valence-electron chi connectivity index (χ0n) is 18.1. The highest BCUT2D eigenvalue weighted by Crippen LogP contribution is 2.67. The van der Waals surface area contributed by atoms with Gasteiger partial charge in [-0.2, -0.15) is 0 Å². The third-order valence-corrected chi connectivity index (χ3v) is 10.1. The fourth-order valence-electron chi connectivity index (χ4n) is 8.41. The zero-order chi connectivity index (χ0) is 21.1. The van der Waals surface area contributed by atoms with Crippen molar-refractivity contribution < 1.29 is 24.9 Å². The van der Waals surface area contributed by atoms with Crippen LogP contribution in [0.2, 0.25) is 0 Å². The molecule has 5 nitrogen and oxygen atoms in total. The number of aliphatic hydroxyl groups excluding tert-OH is 2. The molecule has 0 aromatic rings. The topological polar surface area (TPSA) is 94.8 Å². The lowest BCUT2D eigenvalue weighted by Crippen LogP contribution is -2.61. The highest BCUT2D eigenvalue weighted by Gasteiger charge is 2.65. The van der Waals surface area contributed by atoms with Crippen molar-refractivity contribution in [2.75, 3.05) is 0 Å². The Bertz CT molecular complexity index is 676. The number of Topliss-reactive ketones (excluding diaryl/α,β-unsaturated/α-hetero) is 1. The van der Waals surface area contributed by atoms with Gasteiger partial charge in [0.2, 0.25) is 0 Å². The summed E-state index contributed by atoms with van der Waals surface area (Å²) >= 11 is 0. The average molecular weight is 407 g/mol. The van der Waals surface area contributed by atoms with Gasteiger partial charge in [0.25, 0.3) is 0 Å². The fourth-order valence-corrected chi connectivity index (χ4v) is 8.41. The third kappa shape index (κ3) is 3.18. The Hall–Kier alpha value is -0.940. The number of fused-ring (bicyclic) bond motifs is 5. The maximum atomic E-state index is 13.6. The number of aliphatic hydroxyl groups is 2. The third-order valence-electron chi connectivity index (χ3n) is 10.1. The Morgan fingerprint density at radius 1 is 1.14 bits per heavy atom. The molecule has 0 bridgehead atoms. The summed E-state index contributed by atoms with van der Waals surface area (Å²) in [5.74, 6) is 0.855. The molecule has 4 aliphatic carbocycles. The molecule has 3 N–H and O–H groups in total. The molecule has 0 aromatic heterocycles. The van der Waals surface area contributed by atoms with E-state index in [0.717, 1.165) is 38.5 Å². The van der Waals surface area contributed by atoms with Gasteiger partial charge in [-0.05, 0) is 85.9 Å². The van der Waals surface area contributed by atoms with Crippen LogP contribution in [0.4, 0.5) is 0 Å². The van der Waals surface area contributed by atoms with Crippen LogP contribution in [-0.4, -0.2) is 39.3 Å². The number of carbonyl (C=O) groups excluding carboxylic acids is 1. The quantitative estimate of drug-likeness (QED) is 0.662. The van der Waals surface area contributed by atoms with E-state index in [0.29, 0.717) is 24.5 Å². The summed E-state index contributed by atoms with van der Waals surface area (Å²) in [6.07, 6.45) is 5.82. The van der Waals surface area contributed by atoms with Crippen molar-refractivity contribution in [3.8, 4) is 0 Å². The van der Waals surface area contributed by atoms with Gasteiger partial charge in [0.15, 0.2) is 0 Å². The Kier molecular flexibility index (Phi) is 5.39. The minimum atomic E-state index is -0.771. The minimum absolute atomic E-state index is 0.0348. The van der Waals surface area contributed by atoms with Crippen LogP contribution in [0.1, 0.15) is 78.6 Å². The van der Waals surface area contributed by atoms with Crippen LogP contribution in [-0.2, 0) is 9.59 Å². The number of hydrogen-bond donors (Lipinski definition) is 3. The fraction of sp³-hybridized carbons (Fsp3) is 0.917. The average Bonchev–Trinajstić information content (AvgIpc) is 3.01. The molecule has 0 aromatic carbocycles. The lowest BCUT2D eigenvalue weighted by molar-refractivity contribution is -0.181. The van der Waals surface area contributed by atoms with E-state index in [1.54, 1.807) is 0 Å². The SMILES string of the molecule is CC(CCC(=O)O)[C@H]1CCC2C3C(CC(=O)[C@@]21C)[C@@]1(C)CC[C@@H](O)C[C@H]1C[C@@H]3O. The van der Waals surface area contributed by atoms with Gasteiger partial charge in [0.05, 0.1) is 12.2 Å². The molecule has 0 spiro atoms. The standard InChI is InChI=1S/C24H38O5/c1-13(4-7-21(28)29)16-5-6-17-22-18(12-20(27)24(16,17)3)23(2)9-8-15(25)10-14(23)11-19(22)26/h13-19,22,25-26H,4-12H2,1-3H3,(H,28,29)/t13?,14-,15+,16+,17?,18?,19-,22?,23-,24+/m0/s1. The number of aliphatic carboxylic acids is 1. The second-order valence-electron chi connectivity index (χ2n) is 11.2. The van der Waals surface area contributed by atoms with E-state index in [1.165, 1.54) is 0 Å². The Balaban J connectivity index is 1.62. The van der Waals surface area contributed by atoms with Crippen LogP contribution >= 0.6 is 0 Å². The van der Waals surface area contributed by atoms with Gasteiger partial charge >= 0.3 is 5.97 Å². The molecule has 10 atom stereocenters. The zero-order valence-corrected chi connectivity index (χ0v) is 18.1. The number of rotatable bonds is 4. The molecule has 0 radical (unpaired) electrons. The molecule has 4 unspecified atom stereocenters. The molecule has 0 aliphatic heterocycles. The minimum Gasteiger partial charge on any atom is -0.481 e. The summed E-state index contributed by atoms with van der Waals surface area (Å²) in [6, 6.07) is 0. The van der Waals surface area contributed by atoms with Gasteiger partial charge in [-0.15, -0.1) is 0 Å². The Morgan fingerprint density at radius 2 is 1.86 bits per heavy atom. The first-order valence-electron chi connectivity index (χ1n) is 11.7. The largest absolute Gasteiger partial charge is 0.481 e. The van der Waals surface area contributed by atoms with Gasteiger partial charge in [-0.3, -0.25) is 9.59 Å².